The molecule has 4 heterocycles. The second kappa shape index (κ2) is 6.54. The normalized spacial score (nSPS) is 11.9. The van der Waals surface area contributed by atoms with E-state index in [0.717, 1.165) is 50.3 Å². The van der Waals surface area contributed by atoms with Crippen LogP contribution in [0.15, 0.2) is 35.4 Å². The summed E-state index contributed by atoms with van der Waals surface area (Å²) in [5.41, 5.74) is 3.31. The van der Waals surface area contributed by atoms with Gasteiger partial charge in [0.2, 0.25) is 0 Å². The van der Waals surface area contributed by atoms with Gasteiger partial charge in [0, 0.05) is 24.4 Å². The fraction of sp³-hybridized carbons (Fsp3) is 0.263. The van der Waals surface area contributed by atoms with Crippen LogP contribution in [0.3, 0.4) is 0 Å². The highest BCUT2D eigenvalue weighted by Crippen LogP contribution is 2.30. The molecule has 2 N–H and O–H groups in total. The lowest BCUT2D eigenvalue weighted by Crippen LogP contribution is -2.24. The zero-order chi connectivity index (χ0) is 19.3. The highest BCUT2D eigenvalue weighted by atomic mass is 32.1. The lowest BCUT2D eigenvalue weighted by Gasteiger charge is -2.07. The summed E-state index contributed by atoms with van der Waals surface area (Å²) in [6.07, 6.45) is 3.56. The van der Waals surface area contributed by atoms with Gasteiger partial charge in [-0.15, -0.1) is 11.3 Å². The molecule has 9 heteroatoms. The maximum absolute atomic E-state index is 13.2. The van der Waals surface area contributed by atoms with Crippen molar-refractivity contribution in [3.05, 3.63) is 51.5 Å². The quantitative estimate of drug-likeness (QED) is 0.478. The zero-order valence-corrected chi connectivity index (χ0v) is 16.4. The number of nitrogens with zero attached hydrogens (tertiary/aromatic N) is 5. The second-order valence-corrected chi connectivity index (χ2v) is 7.80. The van der Waals surface area contributed by atoms with Crippen molar-refractivity contribution in [1.82, 2.24) is 34.8 Å². The first-order valence-electron chi connectivity index (χ1n) is 9.13. The Morgan fingerprint density at radius 3 is 3.00 bits per heavy atom. The third-order valence-corrected chi connectivity index (χ3v) is 6.07. The topological polar surface area (TPSA) is 93.4 Å². The van der Waals surface area contributed by atoms with Crippen molar-refractivity contribution < 1.29 is 0 Å². The smallest absolute Gasteiger partial charge is 0.291 e. The van der Waals surface area contributed by atoms with Gasteiger partial charge in [-0.2, -0.15) is 10.2 Å². The van der Waals surface area contributed by atoms with Gasteiger partial charge >= 0.3 is 0 Å². The van der Waals surface area contributed by atoms with Gasteiger partial charge < -0.3 is 9.88 Å². The van der Waals surface area contributed by atoms with E-state index < -0.39 is 0 Å². The van der Waals surface area contributed by atoms with Crippen LogP contribution in [-0.2, 0) is 20.1 Å². The summed E-state index contributed by atoms with van der Waals surface area (Å²) in [5.74, 6) is 0. The van der Waals surface area contributed by atoms with Crippen LogP contribution in [0, 0.1) is 0 Å². The van der Waals surface area contributed by atoms with Gasteiger partial charge in [-0.3, -0.25) is 9.89 Å². The third kappa shape index (κ3) is 2.54. The lowest BCUT2D eigenvalue weighted by molar-refractivity contribution is 0.647. The van der Waals surface area contributed by atoms with Crippen molar-refractivity contribution in [3.8, 4) is 0 Å². The molecule has 0 fully saturated rings. The van der Waals surface area contributed by atoms with E-state index in [-0.39, 0.29) is 5.56 Å². The minimum absolute atomic E-state index is 0.112. The molecule has 0 bridgehead atoms. The zero-order valence-electron chi connectivity index (χ0n) is 15.6. The average Bonchev–Trinajstić information content (AvgIpc) is 3.39. The molecule has 0 spiro atoms. The molecule has 1 aromatic carbocycles. The van der Waals surface area contributed by atoms with E-state index in [0.29, 0.717) is 12.1 Å². The Kier molecular flexibility index (Phi) is 3.99. The van der Waals surface area contributed by atoms with Crippen LogP contribution in [0.2, 0.25) is 0 Å². The fourth-order valence-corrected chi connectivity index (χ4v) is 4.66. The van der Waals surface area contributed by atoms with Gasteiger partial charge in [0.05, 0.1) is 29.2 Å². The highest BCUT2D eigenvalue weighted by Gasteiger charge is 2.18. The molecule has 0 aliphatic carbocycles. The summed E-state index contributed by atoms with van der Waals surface area (Å²) in [6, 6.07) is 5.91. The fourth-order valence-electron chi connectivity index (χ4n) is 3.58. The summed E-state index contributed by atoms with van der Waals surface area (Å²) in [7, 11) is 1.89. The Balaban J connectivity index is 1.62. The number of fused-ring (bicyclic) bond motifs is 4. The number of thiazole rings is 1. The SMILES string of the molecule is CCNCc1nc2c(s1)c1cnn(Cc3cccc4[nH]ncc34)c(=O)c1n2C. The molecule has 0 unspecified atom stereocenters. The molecule has 0 radical (unpaired) electrons. The molecular weight excluding hydrogens is 374 g/mol. The summed E-state index contributed by atoms with van der Waals surface area (Å²) in [4.78, 5) is 17.9. The van der Waals surface area contributed by atoms with Crippen LogP contribution in [0.1, 0.15) is 17.5 Å². The van der Waals surface area contributed by atoms with E-state index >= 15 is 0 Å². The summed E-state index contributed by atoms with van der Waals surface area (Å²) < 4.78 is 4.40. The minimum Gasteiger partial charge on any atom is -0.323 e. The molecule has 0 amide bonds. The van der Waals surface area contributed by atoms with Crippen LogP contribution in [0.25, 0.3) is 32.2 Å². The van der Waals surface area contributed by atoms with Crippen LogP contribution < -0.4 is 10.9 Å². The first-order chi connectivity index (χ1) is 13.7. The number of nitrogens with one attached hydrogen (secondary N) is 2. The molecule has 0 aliphatic rings. The van der Waals surface area contributed by atoms with Crippen LogP contribution in [0.5, 0.6) is 0 Å². The second-order valence-electron chi connectivity index (χ2n) is 6.72. The summed E-state index contributed by atoms with van der Waals surface area (Å²) in [5, 5.41) is 17.7. The van der Waals surface area contributed by atoms with E-state index in [1.54, 1.807) is 23.7 Å². The van der Waals surface area contributed by atoms with Crippen molar-refractivity contribution >= 4 is 43.5 Å². The molecule has 142 valence electrons. The van der Waals surface area contributed by atoms with E-state index in [1.807, 2.05) is 29.8 Å². The average molecular weight is 393 g/mol. The Bertz CT molecular complexity index is 1370. The number of benzene rings is 1. The summed E-state index contributed by atoms with van der Waals surface area (Å²) in [6.45, 7) is 4.09. The Labute approximate surface area is 163 Å². The van der Waals surface area contributed by atoms with Crippen molar-refractivity contribution in [1.29, 1.82) is 0 Å². The maximum atomic E-state index is 13.2. The first kappa shape index (κ1) is 17.1. The van der Waals surface area contributed by atoms with Gasteiger partial charge in [-0.05, 0) is 18.2 Å². The van der Waals surface area contributed by atoms with E-state index in [2.05, 4.69) is 27.5 Å². The number of rotatable bonds is 5. The van der Waals surface area contributed by atoms with Crippen molar-refractivity contribution in [2.45, 2.75) is 20.0 Å². The van der Waals surface area contributed by atoms with E-state index in [9.17, 15) is 4.79 Å². The molecule has 4 aromatic heterocycles. The highest BCUT2D eigenvalue weighted by molar-refractivity contribution is 7.19. The predicted molar refractivity (Wildman–Crippen MR) is 111 cm³/mol. The standard InChI is InChI=1S/C19H19N7OS/c1-3-20-9-15-23-18-17(28-15)13-8-22-26(19(27)16(13)25(18)2)10-11-5-4-6-14-12(11)7-21-24-14/h4-8,20H,3,9-10H2,1-2H3,(H,21,24). The monoisotopic (exact) mass is 393 g/mol. The Hall–Kier alpha value is -3.04. The number of hydrogen-bond donors (Lipinski definition) is 2. The van der Waals surface area contributed by atoms with Gasteiger partial charge in [0.1, 0.15) is 10.5 Å². The van der Waals surface area contributed by atoms with E-state index in [1.165, 1.54) is 4.68 Å². The molecule has 0 saturated carbocycles. The van der Waals surface area contributed by atoms with Crippen LogP contribution >= 0.6 is 11.3 Å². The maximum Gasteiger partial charge on any atom is 0.291 e. The predicted octanol–water partition coefficient (Wildman–Crippen LogP) is 2.38. The number of aryl methyl sites for hydroxylation is 1. The lowest BCUT2D eigenvalue weighted by atomic mass is 10.1. The number of aromatic amines is 1. The van der Waals surface area contributed by atoms with Gasteiger partial charge in [-0.25, -0.2) is 9.67 Å². The van der Waals surface area contributed by atoms with Crippen LogP contribution in [-0.4, -0.2) is 36.1 Å². The number of hydrogen-bond acceptors (Lipinski definition) is 6. The van der Waals surface area contributed by atoms with Gasteiger partial charge in [0.15, 0.2) is 5.65 Å². The number of H-pyrrole nitrogens is 1. The molecule has 0 saturated heterocycles. The molecule has 8 nitrogen and oxygen atoms in total. The molecule has 28 heavy (non-hydrogen) atoms. The first-order valence-corrected chi connectivity index (χ1v) is 9.94. The van der Waals surface area contributed by atoms with Gasteiger partial charge in [-0.1, -0.05) is 19.1 Å². The van der Waals surface area contributed by atoms with Crippen molar-refractivity contribution in [2.75, 3.05) is 6.54 Å². The Morgan fingerprint density at radius 1 is 1.25 bits per heavy atom. The molecule has 5 rings (SSSR count). The van der Waals surface area contributed by atoms with E-state index in [4.69, 9.17) is 4.98 Å². The molecule has 5 aromatic rings. The number of aromatic nitrogens is 6. The van der Waals surface area contributed by atoms with Crippen LogP contribution in [0.4, 0.5) is 0 Å². The largest absolute Gasteiger partial charge is 0.323 e. The minimum atomic E-state index is -0.112. The van der Waals surface area contributed by atoms with Crippen molar-refractivity contribution in [2.24, 2.45) is 7.05 Å². The molecule has 0 atom stereocenters. The van der Waals surface area contributed by atoms with Gasteiger partial charge in [0.25, 0.3) is 5.56 Å². The third-order valence-electron chi connectivity index (χ3n) is 4.99. The molecular formula is C19H19N7OS. The van der Waals surface area contributed by atoms with Crippen molar-refractivity contribution in [3.63, 3.8) is 0 Å². The Morgan fingerprint density at radius 2 is 2.14 bits per heavy atom. The summed E-state index contributed by atoms with van der Waals surface area (Å²) >= 11 is 1.61. The molecule has 0 aliphatic heterocycles.